The second-order valence-electron chi connectivity index (χ2n) is 4.81. The summed E-state index contributed by atoms with van der Waals surface area (Å²) in [4.78, 5) is 10.7. The molecule has 1 saturated carbocycles. The van der Waals surface area contributed by atoms with E-state index in [9.17, 15) is 4.79 Å². The Hall–Kier alpha value is -1.65. The average molecular weight is 249 g/mol. The first-order chi connectivity index (χ1) is 8.70. The molecular formula is C13H19N3O2. The van der Waals surface area contributed by atoms with Crippen LogP contribution in [0, 0.1) is 5.92 Å². The van der Waals surface area contributed by atoms with E-state index in [0.29, 0.717) is 17.8 Å². The van der Waals surface area contributed by atoms with Crippen molar-refractivity contribution >= 4 is 11.8 Å². The number of aromatic carboxylic acids is 1. The van der Waals surface area contributed by atoms with Crippen LogP contribution in [0.25, 0.3) is 0 Å². The lowest BCUT2D eigenvalue weighted by Gasteiger charge is -2.31. The fourth-order valence-electron chi connectivity index (χ4n) is 2.60. The van der Waals surface area contributed by atoms with Crippen molar-refractivity contribution in [2.24, 2.45) is 5.92 Å². The lowest BCUT2D eigenvalue weighted by molar-refractivity contribution is 0.0689. The van der Waals surface area contributed by atoms with Crippen molar-refractivity contribution in [2.75, 3.05) is 5.32 Å². The van der Waals surface area contributed by atoms with Crippen molar-refractivity contribution in [3.8, 4) is 0 Å². The highest BCUT2D eigenvalue weighted by molar-refractivity contribution is 5.85. The van der Waals surface area contributed by atoms with Gasteiger partial charge in [-0.05, 0) is 30.9 Å². The highest BCUT2D eigenvalue weighted by atomic mass is 16.4. The van der Waals surface area contributed by atoms with Gasteiger partial charge in [0.05, 0.1) is 0 Å². The maximum atomic E-state index is 10.7. The van der Waals surface area contributed by atoms with Crippen LogP contribution in [-0.4, -0.2) is 27.3 Å². The van der Waals surface area contributed by atoms with Crippen LogP contribution in [0.3, 0.4) is 0 Å². The van der Waals surface area contributed by atoms with Gasteiger partial charge in [-0.25, -0.2) is 4.79 Å². The van der Waals surface area contributed by atoms with Gasteiger partial charge in [-0.3, -0.25) is 0 Å². The predicted molar refractivity (Wildman–Crippen MR) is 68.7 cm³/mol. The monoisotopic (exact) mass is 249 g/mol. The molecule has 1 aromatic heterocycles. The van der Waals surface area contributed by atoms with E-state index < -0.39 is 5.97 Å². The van der Waals surface area contributed by atoms with Gasteiger partial charge < -0.3 is 10.4 Å². The van der Waals surface area contributed by atoms with Crippen molar-refractivity contribution in [1.29, 1.82) is 0 Å². The van der Waals surface area contributed by atoms with Gasteiger partial charge in [0, 0.05) is 6.04 Å². The van der Waals surface area contributed by atoms with Crippen LogP contribution in [0.1, 0.15) is 49.5 Å². The Morgan fingerprint density at radius 3 is 2.78 bits per heavy atom. The third-order valence-corrected chi connectivity index (χ3v) is 3.65. The minimum atomic E-state index is -1.04. The second-order valence-corrected chi connectivity index (χ2v) is 4.81. The summed E-state index contributed by atoms with van der Waals surface area (Å²) in [6.45, 7) is 2.21. The van der Waals surface area contributed by atoms with E-state index in [0.717, 1.165) is 12.8 Å². The number of hydrogen-bond donors (Lipinski definition) is 2. The molecule has 1 fully saturated rings. The Kier molecular flexibility index (Phi) is 4.12. The van der Waals surface area contributed by atoms with Crippen LogP contribution in [0.4, 0.5) is 5.82 Å². The summed E-state index contributed by atoms with van der Waals surface area (Å²) in [5, 5.41) is 19.7. The topological polar surface area (TPSA) is 75.1 Å². The number of rotatable bonds is 4. The molecule has 98 valence electrons. The Bertz CT molecular complexity index is 405. The molecule has 0 saturated heterocycles. The van der Waals surface area contributed by atoms with Gasteiger partial charge in [0.15, 0.2) is 5.69 Å². The summed E-state index contributed by atoms with van der Waals surface area (Å²) in [6, 6.07) is 3.62. The maximum Gasteiger partial charge on any atom is 0.356 e. The molecule has 18 heavy (non-hydrogen) atoms. The molecule has 0 amide bonds. The van der Waals surface area contributed by atoms with Gasteiger partial charge in [0.2, 0.25) is 0 Å². The molecule has 0 spiro atoms. The van der Waals surface area contributed by atoms with Crippen LogP contribution in [-0.2, 0) is 0 Å². The first kappa shape index (κ1) is 12.8. The number of carbonyl (C=O) groups is 1. The fraction of sp³-hybridized carbons (Fsp3) is 0.615. The van der Waals surface area contributed by atoms with E-state index in [2.05, 4.69) is 22.4 Å². The molecule has 0 aliphatic heterocycles. The minimum absolute atomic E-state index is 0.0174. The molecule has 2 unspecified atom stereocenters. The smallest absolute Gasteiger partial charge is 0.356 e. The highest BCUT2D eigenvalue weighted by Crippen LogP contribution is 2.28. The Balaban J connectivity index is 2.01. The van der Waals surface area contributed by atoms with E-state index in [1.54, 1.807) is 6.07 Å². The summed E-state index contributed by atoms with van der Waals surface area (Å²) < 4.78 is 0. The number of anilines is 1. The molecule has 2 N–H and O–H groups in total. The molecule has 1 aromatic rings. The van der Waals surface area contributed by atoms with Crippen molar-refractivity contribution in [1.82, 2.24) is 10.2 Å². The molecule has 1 heterocycles. The van der Waals surface area contributed by atoms with Crippen LogP contribution < -0.4 is 5.32 Å². The lowest BCUT2D eigenvalue weighted by Crippen LogP contribution is -2.32. The van der Waals surface area contributed by atoms with Crippen LogP contribution in [0.5, 0.6) is 0 Å². The molecule has 1 aliphatic rings. The summed E-state index contributed by atoms with van der Waals surface area (Å²) in [5.74, 6) is 0.309. The quantitative estimate of drug-likeness (QED) is 0.857. The number of nitrogens with zero attached hydrogens (tertiary/aromatic N) is 2. The van der Waals surface area contributed by atoms with Crippen LogP contribution >= 0.6 is 0 Å². The van der Waals surface area contributed by atoms with Crippen molar-refractivity contribution < 1.29 is 9.90 Å². The molecule has 1 aliphatic carbocycles. The number of carboxylic acid groups (broad SMARTS) is 1. The number of hydrogen-bond acceptors (Lipinski definition) is 4. The number of carboxylic acids is 1. The average Bonchev–Trinajstić information content (AvgIpc) is 2.40. The molecule has 2 rings (SSSR count). The SMILES string of the molecule is CCC1CCCCC1Nc1ccc(C(=O)O)nn1. The first-order valence-electron chi connectivity index (χ1n) is 6.54. The molecular weight excluding hydrogens is 230 g/mol. The van der Waals surface area contributed by atoms with Crippen LogP contribution in [0.15, 0.2) is 12.1 Å². The summed E-state index contributed by atoms with van der Waals surface area (Å²) in [6.07, 6.45) is 6.13. The number of aromatic nitrogens is 2. The molecule has 2 atom stereocenters. The fourth-order valence-corrected chi connectivity index (χ4v) is 2.60. The standard InChI is InChI=1S/C13H19N3O2/c1-2-9-5-3-4-6-10(9)14-12-8-7-11(13(17)18)15-16-12/h7-10H,2-6H2,1H3,(H,14,16)(H,17,18). The molecule has 0 radical (unpaired) electrons. The third kappa shape index (κ3) is 2.97. The van der Waals surface area contributed by atoms with E-state index in [1.807, 2.05) is 0 Å². The molecule has 5 heteroatoms. The van der Waals surface area contributed by atoms with Crippen molar-refractivity contribution in [2.45, 2.75) is 45.1 Å². The third-order valence-electron chi connectivity index (χ3n) is 3.65. The summed E-state index contributed by atoms with van der Waals surface area (Å²) in [7, 11) is 0. The van der Waals surface area contributed by atoms with Gasteiger partial charge in [-0.2, -0.15) is 0 Å². The largest absolute Gasteiger partial charge is 0.476 e. The molecule has 5 nitrogen and oxygen atoms in total. The van der Waals surface area contributed by atoms with Crippen LogP contribution in [0.2, 0.25) is 0 Å². The summed E-state index contributed by atoms with van der Waals surface area (Å²) in [5.41, 5.74) is -0.0174. The van der Waals surface area contributed by atoms with E-state index in [4.69, 9.17) is 5.11 Å². The predicted octanol–water partition coefficient (Wildman–Crippen LogP) is 2.56. The van der Waals surface area contributed by atoms with Gasteiger partial charge in [-0.1, -0.05) is 26.2 Å². The minimum Gasteiger partial charge on any atom is -0.476 e. The molecule has 0 aromatic carbocycles. The van der Waals surface area contributed by atoms with Gasteiger partial charge >= 0.3 is 5.97 Å². The van der Waals surface area contributed by atoms with E-state index >= 15 is 0 Å². The van der Waals surface area contributed by atoms with Gasteiger partial charge in [0.25, 0.3) is 0 Å². The zero-order chi connectivity index (χ0) is 13.0. The summed E-state index contributed by atoms with van der Waals surface area (Å²) >= 11 is 0. The Morgan fingerprint density at radius 1 is 1.39 bits per heavy atom. The zero-order valence-corrected chi connectivity index (χ0v) is 10.6. The number of nitrogens with one attached hydrogen (secondary N) is 1. The van der Waals surface area contributed by atoms with Gasteiger partial charge in [0.1, 0.15) is 5.82 Å². The lowest BCUT2D eigenvalue weighted by atomic mass is 9.83. The Morgan fingerprint density at radius 2 is 2.17 bits per heavy atom. The Labute approximate surface area is 107 Å². The molecule has 0 bridgehead atoms. The highest BCUT2D eigenvalue weighted by Gasteiger charge is 2.23. The normalized spacial score (nSPS) is 23.6. The van der Waals surface area contributed by atoms with E-state index in [1.165, 1.54) is 25.3 Å². The first-order valence-corrected chi connectivity index (χ1v) is 6.54. The van der Waals surface area contributed by atoms with Gasteiger partial charge in [-0.15, -0.1) is 10.2 Å². The maximum absolute atomic E-state index is 10.7. The van der Waals surface area contributed by atoms with Crippen molar-refractivity contribution in [3.63, 3.8) is 0 Å². The van der Waals surface area contributed by atoms with E-state index in [-0.39, 0.29) is 5.69 Å². The zero-order valence-electron chi connectivity index (χ0n) is 10.6. The second kappa shape index (κ2) is 5.80. The van der Waals surface area contributed by atoms with Crippen molar-refractivity contribution in [3.05, 3.63) is 17.8 Å².